The van der Waals surface area contributed by atoms with Crippen molar-refractivity contribution in [3.05, 3.63) is 69.2 Å². The van der Waals surface area contributed by atoms with Gasteiger partial charge in [-0.3, -0.25) is 4.79 Å². The number of alkyl carbamates (subject to hydrolysis) is 1. The van der Waals surface area contributed by atoms with Gasteiger partial charge in [-0.15, -0.1) is 0 Å². The maximum atomic E-state index is 12.5. The number of carbonyl (C=O) groups excluding carboxylic acids is 2. The van der Waals surface area contributed by atoms with E-state index < -0.39 is 29.2 Å². The van der Waals surface area contributed by atoms with E-state index in [-0.39, 0.29) is 6.54 Å². The van der Waals surface area contributed by atoms with Crippen LogP contribution < -0.4 is 10.6 Å². The van der Waals surface area contributed by atoms with Crippen molar-refractivity contribution in [1.82, 2.24) is 10.6 Å². The van der Waals surface area contributed by atoms with Crippen molar-refractivity contribution in [3.8, 4) is 0 Å². The highest BCUT2D eigenvalue weighted by Crippen LogP contribution is 2.31. The highest BCUT2D eigenvalue weighted by molar-refractivity contribution is 9.10. The Kier molecular flexibility index (Phi) is 7.91. The Morgan fingerprint density at radius 3 is 2.07 bits per heavy atom. The fourth-order valence-electron chi connectivity index (χ4n) is 2.74. The van der Waals surface area contributed by atoms with Gasteiger partial charge >= 0.3 is 6.09 Å². The molecule has 8 heteroatoms. The smallest absolute Gasteiger partial charge is 0.408 e. The summed E-state index contributed by atoms with van der Waals surface area (Å²) in [5.74, 6) is -0.453. The predicted molar refractivity (Wildman–Crippen MR) is 120 cm³/mol. The number of rotatable bonds is 6. The first-order chi connectivity index (χ1) is 13.9. The van der Waals surface area contributed by atoms with Crippen molar-refractivity contribution >= 4 is 39.5 Å². The molecule has 0 spiro atoms. The molecule has 2 amide bonds. The molecule has 0 heterocycles. The van der Waals surface area contributed by atoms with Crippen molar-refractivity contribution in [3.63, 3.8) is 0 Å². The number of hydrogen-bond acceptors (Lipinski definition) is 4. The minimum absolute atomic E-state index is 0.102. The molecule has 30 heavy (non-hydrogen) atoms. The SMILES string of the molecule is CC(NC(=O)OC(C)(C)C)C(=O)NCC(O)(c1ccc(Cl)cc1)c1ccc(Br)cc1. The Morgan fingerprint density at radius 1 is 1.07 bits per heavy atom. The minimum Gasteiger partial charge on any atom is -0.444 e. The summed E-state index contributed by atoms with van der Waals surface area (Å²) in [6.07, 6.45) is -0.689. The van der Waals surface area contributed by atoms with Crippen LogP contribution in [0.25, 0.3) is 0 Å². The Bertz CT molecular complexity index is 834. The van der Waals surface area contributed by atoms with Crippen LogP contribution in [0.15, 0.2) is 53.0 Å². The number of ether oxygens (including phenoxy) is 1. The Labute approximate surface area is 190 Å². The molecule has 2 aromatic rings. The van der Waals surface area contributed by atoms with E-state index in [1.54, 1.807) is 64.1 Å². The molecule has 3 N–H and O–H groups in total. The molecular formula is C22H26BrClN2O4. The molecule has 162 valence electrons. The van der Waals surface area contributed by atoms with E-state index in [4.69, 9.17) is 16.3 Å². The van der Waals surface area contributed by atoms with Gasteiger partial charge in [0.25, 0.3) is 0 Å². The first-order valence-electron chi connectivity index (χ1n) is 9.42. The predicted octanol–water partition coefficient (Wildman–Crippen LogP) is 4.37. The number of carbonyl (C=O) groups is 2. The molecule has 0 aliphatic rings. The molecular weight excluding hydrogens is 472 g/mol. The highest BCUT2D eigenvalue weighted by Gasteiger charge is 2.33. The molecule has 0 aliphatic heterocycles. The maximum Gasteiger partial charge on any atom is 0.408 e. The van der Waals surface area contributed by atoms with Crippen LogP contribution in [-0.4, -0.2) is 35.3 Å². The van der Waals surface area contributed by atoms with E-state index in [9.17, 15) is 14.7 Å². The van der Waals surface area contributed by atoms with E-state index in [1.165, 1.54) is 0 Å². The van der Waals surface area contributed by atoms with Gasteiger partial charge in [0.2, 0.25) is 5.91 Å². The quantitative estimate of drug-likeness (QED) is 0.553. The topological polar surface area (TPSA) is 87.7 Å². The summed E-state index contributed by atoms with van der Waals surface area (Å²) in [6.45, 7) is 6.65. The van der Waals surface area contributed by atoms with Crippen LogP contribution in [0, 0.1) is 0 Å². The lowest BCUT2D eigenvalue weighted by atomic mass is 9.86. The average Bonchev–Trinajstić information content (AvgIpc) is 2.65. The second kappa shape index (κ2) is 9.81. The third kappa shape index (κ3) is 6.72. The van der Waals surface area contributed by atoms with Crippen molar-refractivity contribution < 1.29 is 19.4 Å². The fourth-order valence-corrected chi connectivity index (χ4v) is 3.13. The molecule has 0 saturated carbocycles. The molecule has 0 bridgehead atoms. The Hall–Kier alpha value is -2.09. The van der Waals surface area contributed by atoms with Gasteiger partial charge in [0, 0.05) is 9.50 Å². The van der Waals surface area contributed by atoms with Crippen molar-refractivity contribution in [1.29, 1.82) is 0 Å². The van der Waals surface area contributed by atoms with Gasteiger partial charge in [-0.05, 0) is 63.1 Å². The van der Waals surface area contributed by atoms with Gasteiger partial charge in [0.15, 0.2) is 0 Å². The zero-order valence-electron chi connectivity index (χ0n) is 17.3. The second-order valence-electron chi connectivity index (χ2n) is 7.96. The second-order valence-corrected chi connectivity index (χ2v) is 9.31. The van der Waals surface area contributed by atoms with Crippen molar-refractivity contribution in [2.75, 3.05) is 6.54 Å². The van der Waals surface area contributed by atoms with E-state index in [0.717, 1.165) is 4.47 Å². The van der Waals surface area contributed by atoms with E-state index in [0.29, 0.717) is 16.1 Å². The monoisotopic (exact) mass is 496 g/mol. The highest BCUT2D eigenvalue weighted by atomic mass is 79.9. The van der Waals surface area contributed by atoms with E-state index in [1.807, 2.05) is 12.1 Å². The number of hydrogen-bond donors (Lipinski definition) is 3. The third-order valence-electron chi connectivity index (χ3n) is 4.29. The number of aliphatic hydroxyl groups is 1. The molecule has 0 fully saturated rings. The summed E-state index contributed by atoms with van der Waals surface area (Å²) in [5, 5.41) is 17.3. The molecule has 0 aromatic heterocycles. The standard InChI is InChI=1S/C22H26BrClN2O4/c1-14(26-20(28)30-21(2,3)4)19(27)25-13-22(29,15-5-9-17(23)10-6-15)16-7-11-18(24)12-8-16/h5-12,14,29H,13H2,1-4H3,(H,25,27)(H,26,28). The lowest BCUT2D eigenvalue weighted by molar-refractivity contribution is -0.123. The number of halogens is 2. The van der Waals surface area contributed by atoms with E-state index >= 15 is 0 Å². The van der Waals surface area contributed by atoms with Gasteiger partial charge in [-0.25, -0.2) is 4.79 Å². The summed E-state index contributed by atoms with van der Waals surface area (Å²) in [5.41, 5.74) is -0.994. The largest absolute Gasteiger partial charge is 0.444 e. The fraction of sp³-hybridized carbons (Fsp3) is 0.364. The Balaban J connectivity index is 2.16. The van der Waals surface area contributed by atoms with Crippen LogP contribution in [0.5, 0.6) is 0 Å². The van der Waals surface area contributed by atoms with Gasteiger partial charge in [-0.1, -0.05) is 51.8 Å². The summed E-state index contributed by atoms with van der Waals surface area (Å²) in [4.78, 5) is 24.4. The zero-order chi connectivity index (χ0) is 22.5. The molecule has 0 aliphatic carbocycles. The van der Waals surface area contributed by atoms with Gasteiger partial charge in [-0.2, -0.15) is 0 Å². The molecule has 0 radical (unpaired) electrons. The molecule has 2 aromatic carbocycles. The van der Waals surface area contributed by atoms with Crippen molar-refractivity contribution in [2.45, 2.75) is 44.9 Å². The lowest BCUT2D eigenvalue weighted by Crippen LogP contribution is -2.50. The maximum absolute atomic E-state index is 12.5. The molecule has 2 atom stereocenters. The van der Waals surface area contributed by atoms with Crippen LogP contribution in [-0.2, 0) is 15.1 Å². The summed E-state index contributed by atoms with van der Waals surface area (Å²) >= 11 is 9.36. The molecule has 2 unspecified atom stereocenters. The van der Waals surface area contributed by atoms with Crippen LogP contribution in [0.2, 0.25) is 5.02 Å². The summed E-state index contributed by atoms with van der Waals surface area (Å²) < 4.78 is 6.03. The third-order valence-corrected chi connectivity index (χ3v) is 5.07. The van der Waals surface area contributed by atoms with Gasteiger partial charge in [0.05, 0.1) is 6.54 Å². The molecule has 6 nitrogen and oxygen atoms in total. The van der Waals surface area contributed by atoms with Crippen LogP contribution in [0.3, 0.4) is 0 Å². The normalized spacial score (nSPS) is 14.4. The molecule has 0 saturated heterocycles. The van der Waals surface area contributed by atoms with Crippen LogP contribution in [0.4, 0.5) is 4.79 Å². The van der Waals surface area contributed by atoms with Gasteiger partial charge < -0.3 is 20.5 Å². The first-order valence-corrected chi connectivity index (χ1v) is 10.6. The summed E-state index contributed by atoms with van der Waals surface area (Å²) in [6, 6.07) is 13.1. The Morgan fingerprint density at radius 2 is 1.57 bits per heavy atom. The average molecular weight is 498 g/mol. The zero-order valence-corrected chi connectivity index (χ0v) is 19.7. The number of amides is 2. The van der Waals surface area contributed by atoms with Crippen LogP contribution in [0.1, 0.15) is 38.8 Å². The van der Waals surface area contributed by atoms with Crippen LogP contribution >= 0.6 is 27.5 Å². The van der Waals surface area contributed by atoms with Gasteiger partial charge in [0.1, 0.15) is 17.2 Å². The van der Waals surface area contributed by atoms with E-state index in [2.05, 4.69) is 26.6 Å². The number of nitrogens with one attached hydrogen (secondary N) is 2. The minimum atomic E-state index is -1.49. The number of benzene rings is 2. The lowest BCUT2D eigenvalue weighted by Gasteiger charge is -2.30. The summed E-state index contributed by atoms with van der Waals surface area (Å²) in [7, 11) is 0. The first kappa shape index (κ1) is 24.2. The van der Waals surface area contributed by atoms with Crippen molar-refractivity contribution in [2.24, 2.45) is 0 Å². The molecule has 2 rings (SSSR count).